The molecule has 0 atom stereocenters. The zero-order valence-electron chi connectivity index (χ0n) is 11.0. The molecule has 0 saturated heterocycles. The molecule has 0 amide bonds. The third kappa shape index (κ3) is 3.14. The van der Waals surface area contributed by atoms with Crippen LogP contribution in [0.3, 0.4) is 0 Å². The quantitative estimate of drug-likeness (QED) is 0.661. The number of rotatable bonds is 3. The Bertz CT molecular complexity index is 646. The fourth-order valence-corrected chi connectivity index (χ4v) is 3.69. The van der Waals surface area contributed by atoms with Crippen molar-refractivity contribution in [3.8, 4) is 0 Å². The SMILES string of the molecule is Fc1cc(Br)cc(F)c1NC1CC(c2ccccc2Br)C1. The predicted octanol–water partition coefficient (Wildman–Crippen LogP) is 5.85. The smallest absolute Gasteiger partial charge is 0.150 e. The van der Waals surface area contributed by atoms with Gasteiger partial charge in [0, 0.05) is 15.0 Å². The largest absolute Gasteiger partial charge is 0.378 e. The summed E-state index contributed by atoms with van der Waals surface area (Å²) in [6.45, 7) is 0. The molecule has 0 spiro atoms. The van der Waals surface area contributed by atoms with Crippen molar-refractivity contribution in [1.29, 1.82) is 0 Å². The second-order valence-corrected chi connectivity index (χ2v) is 7.05. The normalized spacial score (nSPS) is 21.0. The molecule has 21 heavy (non-hydrogen) atoms. The van der Waals surface area contributed by atoms with Crippen LogP contribution in [0.25, 0.3) is 0 Å². The van der Waals surface area contributed by atoms with Gasteiger partial charge in [-0.25, -0.2) is 8.78 Å². The van der Waals surface area contributed by atoms with Crippen LogP contribution in [0.2, 0.25) is 0 Å². The van der Waals surface area contributed by atoms with Gasteiger partial charge in [0.2, 0.25) is 0 Å². The first-order valence-electron chi connectivity index (χ1n) is 6.70. The van der Waals surface area contributed by atoms with Crippen LogP contribution in [0.1, 0.15) is 24.3 Å². The highest BCUT2D eigenvalue weighted by Gasteiger charge is 2.32. The number of hydrogen-bond acceptors (Lipinski definition) is 1. The molecule has 0 aromatic heterocycles. The molecule has 5 heteroatoms. The number of benzene rings is 2. The van der Waals surface area contributed by atoms with Crippen molar-refractivity contribution in [3.63, 3.8) is 0 Å². The molecule has 110 valence electrons. The Labute approximate surface area is 139 Å². The Kier molecular flexibility index (Phi) is 4.31. The van der Waals surface area contributed by atoms with E-state index >= 15 is 0 Å². The molecule has 1 N–H and O–H groups in total. The Morgan fingerprint density at radius 3 is 2.24 bits per heavy atom. The van der Waals surface area contributed by atoms with E-state index in [1.54, 1.807) is 0 Å². The van der Waals surface area contributed by atoms with Crippen LogP contribution in [0.5, 0.6) is 0 Å². The zero-order valence-corrected chi connectivity index (χ0v) is 14.2. The molecule has 0 bridgehead atoms. The van der Waals surface area contributed by atoms with Crippen molar-refractivity contribution >= 4 is 37.5 Å². The van der Waals surface area contributed by atoms with Crippen LogP contribution in [0.4, 0.5) is 14.5 Å². The summed E-state index contributed by atoms with van der Waals surface area (Å²) in [6.07, 6.45) is 1.75. The number of hydrogen-bond donors (Lipinski definition) is 1. The molecule has 0 heterocycles. The highest BCUT2D eigenvalue weighted by molar-refractivity contribution is 9.10. The van der Waals surface area contributed by atoms with Gasteiger partial charge >= 0.3 is 0 Å². The summed E-state index contributed by atoms with van der Waals surface area (Å²) >= 11 is 6.62. The molecule has 1 aliphatic carbocycles. The lowest BCUT2D eigenvalue weighted by Gasteiger charge is -2.37. The van der Waals surface area contributed by atoms with Crippen LogP contribution >= 0.6 is 31.9 Å². The molecule has 2 aromatic rings. The van der Waals surface area contributed by atoms with Gasteiger partial charge in [0.25, 0.3) is 0 Å². The summed E-state index contributed by atoms with van der Waals surface area (Å²) in [4.78, 5) is 0. The number of halogens is 4. The van der Waals surface area contributed by atoms with Gasteiger partial charge in [0.1, 0.15) is 17.3 Å². The fraction of sp³-hybridized carbons (Fsp3) is 0.250. The van der Waals surface area contributed by atoms with Crippen molar-refractivity contribution in [2.24, 2.45) is 0 Å². The maximum atomic E-state index is 13.8. The number of nitrogens with one attached hydrogen (secondary N) is 1. The summed E-state index contributed by atoms with van der Waals surface area (Å²) < 4.78 is 29.0. The van der Waals surface area contributed by atoms with Crippen molar-refractivity contribution in [2.45, 2.75) is 24.8 Å². The number of anilines is 1. The highest BCUT2D eigenvalue weighted by Crippen LogP contribution is 2.41. The summed E-state index contributed by atoms with van der Waals surface area (Å²) in [6, 6.07) is 10.7. The summed E-state index contributed by atoms with van der Waals surface area (Å²) in [5.74, 6) is -0.697. The van der Waals surface area contributed by atoms with E-state index in [9.17, 15) is 8.78 Å². The first-order valence-corrected chi connectivity index (χ1v) is 8.28. The molecular weight excluding hydrogens is 404 g/mol. The minimum atomic E-state index is -0.564. The average Bonchev–Trinajstić information content (AvgIpc) is 2.37. The van der Waals surface area contributed by atoms with Crippen molar-refractivity contribution in [1.82, 2.24) is 0 Å². The predicted molar refractivity (Wildman–Crippen MR) is 87.6 cm³/mol. The summed E-state index contributed by atoms with van der Waals surface area (Å²) in [5.41, 5.74) is 1.22. The summed E-state index contributed by atoms with van der Waals surface area (Å²) in [7, 11) is 0. The maximum Gasteiger partial charge on any atom is 0.150 e. The minimum Gasteiger partial charge on any atom is -0.378 e. The van der Waals surface area contributed by atoms with E-state index in [1.807, 2.05) is 18.2 Å². The zero-order chi connectivity index (χ0) is 15.0. The van der Waals surface area contributed by atoms with Crippen LogP contribution < -0.4 is 5.32 Å². The molecule has 1 saturated carbocycles. The second kappa shape index (κ2) is 6.05. The monoisotopic (exact) mass is 415 g/mol. The van der Waals surface area contributed by atoms with E-state index in [0.717, 1.165) is 17.3 Å². The Balaban J connectivity index is 1.67. The van der Waals surface area contributed by atoms with Gasteiger partial charge in [-0.15, -0.1) is 0 Å². The molecule has 3 rings (SSSR count). The van der Waals surface area contributed by atoms with Crippen molar-refractivity contribution in [2.75, 3.05) is 5.32 Å². The first kappa shape index (κ1) is 15.0. The molecule has 0 unspecified atom stereocenters. The third-order valence-electron chi connectivity index (χ3n) is 3.84. The average molecular weight is 417 g/mol. The van der Waals surface area contributed by atoms with Gasteiger partial charge in [-0.3, -0.25) is 0 Å². The van der Waals surface area contributed by atoms with Crippen LogP contribution in [-0.4, -0.2) is 6.04 Å². The molecule has 2 aromatic carbocycles. The molecule has 0 radical (unpaired) electrons. The van der Waals surface area contributed by atoms with Crippen LogP contribution in [0, 0.1) is 11.6 Å². The molecule has 0 aliphatic heterocycles. The van der Waals surface area contributed by atoms with Gasteiger partial charge in [0.15, 0.2) is 0 Å². The van der Waals surface area contributed by atoms with E-state index in [2.05, 4.69) is 43.2 Å². The van der Waals surface area contributed by atoms with Crippen molar-refractivity contribution < 1.29 is 8.78 Å². The van der Waals surface area contributed by atoms with Gasteiger partial charge < -0.3 is 5.32 Å². The van der Waals surface area contributed by atoms with E-state index in [0.29, 0.717) is 10.4 Å². The van der Waals surface area contributed by atoms with E-state index in [-0.39, 0.29) is 11.7 Å². The topological polar surface area (TPSA) is 12.0 Å². The van der Waals surface area contributed by atoms with Crippen LogP contribution in [0.15, 0.2) is 45.3 Å². The van der Waals surface area contributed by atoms with E-state index < -0.39 is 11.6 Å². The van der Waals surface area contributed by atoms with Gasteiger partial charge in [-0.2, -0.15) is 0 Å². The lowest BCUT2D eigenvalue weighted by molar-refractivity contribution is 0.370. The Morgan fingerprint density at radius 2 is 1.62 bits per heavy atom. The molecule has 1 aliphatic rings. The first-order chi connectivity index (χ1) is 10.0. The molecule has 1 fully saturated rings. The fourth-order valence-electron chi connectivity index (χ4n) is 2.68. The minimum absolute atomic E-state index is 0.0335. The van der Waals surface area contributed by atoms with Gasteiger partial charge in [-0.05, 0) is 42.5 Å². The van der Waals surface area contributed by atoms with E-state index in [4.69, 9.17) is 0 Å². The van der Waals surface area contributed by atoms with Gasteiger partial charge in [-0.1, -0.05) is 50.1 Å². The van der Waals surface area contributed by atoms with E-state index in [1.165, 1.54) is 17.7 Å². The molecule has 1 nitrogen and oxygen atoms in total. The second-order valence-electron chi connectivity index (χ2n) is 5.28. The van der Waals surface area contributed by atoms with Crippen LogP contribution in [-0.2, 0) is 0 Å². The summed E-state index contributed by atoms with van der Waals surface area (Å²) in [5, 5.41) is 2.98. The lowest BCUT2D eigenvalue weighted by Crippen LogP contribution is -2.34. The lowest BCUT2D eigenvalue weighted by atomic mass is 9.76. The van der Waals surface area contributed by atoms with Crippen molar-refractivity contribution in [3.05, 3.63) is 62.5 Å². The maximum absolute atomic E-state index is 13.8. The Hall–Kier alpha value is -0.940. The standard InChI is InChI=1S/C16H13Br2F2N/c17-10-7-14(19)16(15(20)8-10)21-11-5-9(6-11)12-3-1-2-4-13(12)18/h1-4,7-9,11,21H,5-6H2. The van der Waals surface area contributed by atoms with Gasteiger partial charge in [0.05, 0.1) is 0 Å². The third-order valence-corrected chi connectivity index (χ3v) is 5.02. The molecular formula is C16H13Br2F2N. The Morgan fingerprint density at radius 1 is 1.00 bits per heavy atom. The highest BCUT2D eigenvalue weighted by atomic mass is 79.9.